The Hall–Kier alpha value is -0.890. The number of hydrogen-bond acceptors (Lipinski definition) is 2. The monoisotopic (exact) mass is 149 g/mol. The Labute approximate surface area is 65.9 Å². The van der Waals surface area contributed by atoms with Crippen LogP contribution < -0.4 is 0 Å². The van der Waals surface area contributed by atoms with Gasteiger partial charge in [0.05, 0.1) is 5.60 Å². The van der Waals surface area contributed by atoms with Crippen LogP contribution in [0.4, 0.5) is 0 Å². The van der Waals surface area contributed by atoms with Crippen molar-refractivity contribution in [2.45, 2.75) is 24.9 Å². The zero-order valence-corrected chi connectivity index (χ0v) is 6.33. The van der Waals surface area contributed by atoms with Gasteiger partial charge in [-0.1, -0.05) is 6.07 Å². The molecule has 0 radical (unpaired) electrons. The highest BCUT2D eigenvalue weighted by Crippen LogP contribution is 2.37. The van der Waals surface area contributed by atoms with Crippen molar-refractivity contribution < 1.29 is 5.11 Å². The van der Waals surface area contributed by atoms with Crippen LogP contribution in [0, 0.1) is 0 Å². The fraction of sp³-hybridized carbons (Fsp3) is 0.444. The van der Waals surface area contributed by atoms with Gasteiger partial charge in [-0.25, -0.2) is 0 Å². The average Bonchev–Trinajstić information content (AvgIpc) is 2.70. The fourth-order valence-corrected chi connectivity index (χ4v) is 1.20. The summed E-state index contributed by atoms with van der Waals surface area (Å²) < 4.78 is 0. The Kier molecular flexibility index (Phi) is 1.43. The normalized spacial score (nSPS) is 19.7. The number of hydrogen-bond donors (Lipinski definition) is 1. The molecule has 0 atom stereocenters. The Balaban J connectivity index is 2.07. The topological polar surface area (TPSA) is 33.1 Å². The van der Waals surface area contributed by atoms with E-state index in [-0.39, 0.29) is 5.60 Å². The lowest BCUT2D eigenvalue weighted by atomic mass is 10.1. The predicted octanol–water partition coefficient (Wildman–Crippen LogP) is 1.15. The molecule has 0 aliphatic heterocycles. The van der Waals surface area contributed by atoms with E-state index in [4.69, 9.17) is 0 Å². The van der Waals surface area contributed by atoms with Gasteiger partial charge in [-0.05, 0) is 24.5 Å². The second-order valence-electron chi connectivity index (χ2n) is 3.26. The maximum Gasteiger partial charge on any atom is 0.0690 e. The van der Waals surface area contributed by atoms with E-state index in [1.165, 1.54) is 0 Å². The van der Waals surface area contributed by atoms with Gasteiger partial charge < -0.3 is 5.11 Å². The lowest BCUT2D eigenvalue weighted by Crippen LogP contribution is -2.10. The van der Waals surface area contributed by atoms with Crippen LogP contribution in [0.3, 0.4) is 0 Å². The third-order valence-electron chi connectivity index (χ3n) is 2.08. The average molecular weight is 149 g/mol. The first-order valence-corrected chi connectivity index (χ1v) is 3.90. The van der Waals surface area contributed by atoms with Crippen LogP contribution in [-0.2, 0) is 6.42 Å². The van der Waals surface area contributed by atoms with Gasteiger partial charge in [0.1, 0.15) is 0 Å². The van der Waals surface area contributed by atoms with Gasteiger partial charge in [0, 0.05) is 18.8 Å². The molecule has 1 heterocycles. The second-order valence-corrected chi connectivity index (χ2v) is 3.26. The van der Waals surface area contributed by atoms with E-state index in [0.717, 1.165) is 24.8 Å². The molecule has 1 saturated carbocycles. The molecule has 1 aliphatic carbocycles. The van der Waals surface area contributed by atoms with Gasteiger partial charge in [0.25, 0.3) is 0 Å². The Morgan fingerprint density at radius 1 is 1.55 bits per heavy atom. The zero-order chi connectivity index (χ0) is 7.73. The van der Waals surface area contributed by atoms with Gasteiger partial charge in [-0.3, -0.25) is 4.98 Å². The van der Waals surface area contributed by atoms with Crippen LogP contribution in [0.5, 0.6) is 0 Å². The molecule has 1 aromatic heterocycles. The van der Waals surface area contributed by atoms with Crippen LogP contribution in [0.15, 0.2) is 24.5 Å². The molecule has 2 heteroatoms. The summed E-state index contributed by atoms with van der Waals surface area (Å²) in [4.78, 5) is 3.99. The predicted molar refractivity (Wildman–Crippen MR) is 42.1 cm³/mol. The molecule has 0 aromatic carbocycles. The Morgan fingerprint density at radius 3 is 2.91 bits per heavy atom. The molecule has 0 unspecified atom stereocenters. The van der Waals surface area contributed by atoms with E-state index in [0.29, 0.717) is 0 Å². The first-order chi connectivity index (χ1) is 5.29. The molecular weight excluding hydrogens is 138 g/mol. The van der Waals surface area contributed by atoms with Crippen LogP contribution in [0.1, 0.15) is 18.4 Å². The van der Waals surface area contributed by atoms with Gasteiger partial charge >= 0.3 is 0 Å². The first kappa shape index (κ1) is 6.80. The van der Waals surface area contributed by atoms with Crippen molar-refractivity contribution in [3.63, 3.8) is 0 Å². The third kappa shape index (κ3) is 1.57. The lowest BCUT2D eigenvalue weighted by Gasteiger charge is -2.05. The third-order valence-corrected chi connectivity index (χ3v) is 2.08. The van der Waals surface area contributed by atoms with E-state index >= 15 is 0 Å². The maximum atomic E-state index is 9.55. The molecule has 1 aromatic rings. The summed E-state index contributed by atoms with van der Waals surface area (Å²) in [6.45, 7) is 0. The smallest absolute Gasteiger partial charge is 0.0690 e. The van der Waals surface area contributed by atoms with Crippen molar-refractivity contribution in [3.05, 3.63) is 30.1 Å². The van der Waals surface area contributed by atoms with Crippen molar-refractivity contribution in [2.75, 3.05) is 0 Å². The molecule has 0 bridgehead atoms. The molecule has 58 valence electrons. The minimum absolute atomic E-state index is 0.386. The van der Waals surface area contributed by atoms with Crippen LogP contribution in [-0.4, -0.2) is 15.7 Å². The molecule has 0 spiro atoms. The van der Waals surface area contributed by atoms with Crippen LogP contribution >= 0.6 is 0 Å². The van der Waals surface area contributed by atoms with Gasteiger partial charge in [0.15, 0.2) is 0 Å². The first-order valence-electron chi connectivity index (χ1n) is 3.90. The van der Waals surface area contributed by atoms with Crippen LogP contribution in [0.2, 0.25) is 0 Å². The minimum atomic E-state index is -0.386. The minimum Gasteiger partial charge on any atom is -0.390 e. The number of aromatic nitrogens is 1. The number of aliphatic hydroxyl groups is 1. The van der Waals surface area contributed by atoms with Crippen molar-refractivity contribution in [1.29, 1.82) is 0 Å². The van der Waals surface area contributed by atoms with E-state index in [2.05, 4.69) is 4.98 Å². The van der Waals surface area contributed by atoms with E-state index in [9.17, 15) is 5.11 Å². The molecule has 0 saturated heterocycles. The molecule has 11 heavy (non-hydrogen) atoms. The van der Waals surface area contributed by atoms with E-state index < -0.39 is 0 Å². The maximum absolute atomic E-state index is 9.55. The Morgan fingerprint density at radius 2 is 2.36 bits per heavy atom. The van der Waals surface area contributed by atoms with Crippen molar-refractivity contribution in [1.82, 2.24) is 4.98 Å². The summed E-state index contributed by atoms with van der Waals surface area (Å²) >= 11 is 0. The highest BCUT2D eigenvalue weighted by atomic mass is 16.3. The number of nitrogens with zero attached hydrogens (tertiary/aromatic N) is 1. The van der Waals surface area contributed by atoms with Crippen molar-refractivity contribution in [2.24, 2.45) is 0 Å². The molecule has 1 aliphatic rings. The highest BCUT2D eigenvalue weighted by molar-refractivity contribution is 5.14. The van der Waals surface area contributed by atoms with Gasteiger partial charge in [0.2, 0.25) is 0 Å². The number of pyridine rings is 1. The second kappa shape index (κ2) is 2.31. The summed E-state index contributed by atoms with van der Waals surface area (Å²) in [7, 11) is 0. The summed E-state index contributed by atoms with van der Waals surface area (Å²) in [6, 6.07) is 3.91. The van der Waals surface area contributed by atoms with E-state index in [1.54, 1.807) is 6.20 Å². The van der Waals surface area contributed by atoms with Gasteiger partial charge in [-0.15, -0.1) is 0 Å². The molecule has 0 amide bonds. The van der Waals surface area contributed by atoms with Crippen molar-refractivity contribution >= 4 is 0 Å². The van der Waals surface area contributed by atoms with Gasteiger partial charge in [-0.2, -0.15) is 0 Å². The quantitative estimate of drug-likeness (QED) is 0.684. The standard InChI is InChI=1S/C9H11NO/c11-9(3-4-9)6-8-2-1-5-10-7-8/h1-2,5,7,11H,3-4,6H2. The van der Waals surface area contributed by atoms with E-state index in [1.807, 2.05) is 18.3 Å². The molecule has 1 fully saturated rings. The highest BCUT2D eigenvalue weighted by Gasteiger charge is 2.39. The zero-order valence-electron chi connectivity index (χ0n) is 6.33. The largest absolute Gasteiger partial charge is 0.390 e. The fourth-order valence-electron chi connectivity index (χ4n) is 1.20. The summed E-state index contributed by atoms with van der Waals surface area (Å²) in [5.74, 6) is 0. The van der Waals surface area contributed by atoms with Crippen LogP contribution in [0.25, 0.3) is 0 Å². The summed E-state index contributed by atoms with van der Waals surface area (Å²) in [6.07, 6.45) is 6.22. The molecule has 2 nitrogen and oxygen atoms in total. The summed E-state index contributed by atoms with van der Waals surface area (Å²) in [5, 5.41) is 9.55. The molecular formula is C9H11NO. The molecule has 1 N–H and O–H groups in total. The summed E-state index contributed by atoms with van der Waals surface area (Å²) in [5.41, 5.74) is 0.746. The molecule has 2 rings (SSSR count). The lowest BCUT2D eigenvalue weighted by molar-refractivity contribution is 0.151. The Bertz CT molecular complexity index is 241. The number of rotatable bonds is 2. The SMILES string of the molecule is OC1(Cc2cccnc2)CC1. The van der Waals surface area contributed by atoms with Crippen molar-refractivity contribution in [3.8, 4) is 0 Å².